The van der Waals surface area contributed by atoms with Gasteiger partial charge < -0.3 is 4.98 Å². The molecule has 0 bridgehead atoms. The molecular formula is C10H11ClN2S. The maximum atomic E-state index is 6.01. The molecule has 1 aromatic carbocycles. The van der Waals surface area contributed by atoms with E-state index < -0.39 is 0 Å². The van der Waals surface area contributed by atoms with E-state index in [0.717, 1.165) is 33.2 Å². The summed E-state index contributed by atoms with van der Waals surface area (Å²) in [5.74, 6) is 1.92. The Morgan fingerprint density at radius 2 is 2.29 bits per heavy atom. The molecule has 2 rings (SSSR count). The quantitative estimate of drug-likeness (QED) is 0.851. The number of aryl methyl sites for hydroxylation is 1. The lowest BCUT2D eigenvalue weighted by molar-refractivity contribution is 1.14. The zero-order valence-electron chi connectivity index (χ0n) is 8.10. The predicted octanol–water partition coefficient (Wildman–Crippen LogP) is 3.39. The Morgan fingerprint density at radius 3 is 3.00 bits per heavy atom. The first-order chi connectivity index (χ1) is 6.72. The number of hydrogen-bond donors (Lipinski definition) is 1. The van der Waals surface area contributed by atoms with Crippen LogP contribution in [0.25, 0.3) is 11.0 Å². The van der Waals surface area contributed by atoms with Gasteiger partial charge in [-0.25, -0.2) is 4.98 Å². The van der Waals surface area contributed by atoms with Crippen LogP contribution in [0, 0.1) is 6.92 Å². The highest BCUT2D eigenvalue weighted by atomic mass is 35.5. The monoisotopic (exact) mass is 226 g/mol. The van der Waals surface area contributed by atoms with Crippen molar-refractivity contribution >= 4 is 34.4 Å². The fourth-order valence-corrected chi connectivity index (χ4v) is 2.01. The smallest absolute Gasteiger partial charge is 0.117 e. The Bertz CT molecular complexity index is 464. The fourth-order valence-electron chi connectivity index (χ4n) is 1.44. The highest BCUT2D eigenvalue weighted by Gasteiger charge is 2.06. The van der Waals surface area contributed by atoms with Gasteiger partial charge in [-0.05, 0) is 30.9 Å². The third-order valence-electron chi connectivity index (χ3n) is 2.17. The number of nitrogens with one attached hydrogen (secondary N) is 1. The van der Waals surface area contributed by atoms with Gasteiger partial charge in [-0.2, -0.15) is 11.8 Å². The number of fused-ring (bicyclic) bond motifs is 1. The van der Waals surface area contributed by atoms with Crippen LogP contribution in [0.3, 0.4) is 0 Å². The van der Waals surface area contributed by atoms with Crippen molar-refractivity contribution in [3.05, 3.63) is 28.5 Å². The van der Waals surface area contributed by atoms with Crippen LogP contribution in [-0.4, -0.2) is 16.2 Å². The number of thioether (sulfide) groups is 1. The molecular weight excluding hydrogens is 216 g/mol. The van der Waals surface area contributed by atoms with Gasteiger partial charge in [-0.15, -0.1) is 0 Å². The van der Waals surface area contributed by atoms with E-state index in [1.54, 1.807) is 11.8 Å². The molecule has 0 amide bonds. The SMILES string of the molecule is CSCc1nc2c(C)c(Cl)ccc2[nH]1. The molecule has 1 heterocycles. The summed E-state index contributed by atoms with van der Waals surface area (Å²) < 4.78 is 0. The number of H-pyrrole nitrogens is 1. The molecule has 1 aromatic heterocycles. The normalized spacial score (nSPS) is 11.1. The molecule has 0 fully saturated rings. The predicted molar refractivity (Wildman–Crippen MR) is 63.1 cm³/mol. The highest BCUT2D eigenvalue weighted by molar-refractivity contribution is 7.97. The summed E-state index contributed by atoms with van der Waals surface area (Å²) in [6.07, 6.45) is 2.06. The Labute approximate surface area is 92.1 Å². The van der Waals surface area contributed by atoms with Crippen LogP contribution in [-0.2, 0) is 5.75 Å². The molecule has 0 radical (unpaired) electrons. The lowest BCUT2D eigenvalue weighted by atomic mass is 10.2. The van der Waals surface area contributed by atoms with Crippen LogP contribution in [0.15, 0.2) is 12.1 Å². The Kier molecular flexibility index (Phi) is 2.70. The number of aromatic amines is 1. The summed E-state index contributed by atoms with van der Waals surface area (Å²) in [5, 5.41) is 0.778. The Balaban J connectivity index is 2.59. The van der Waals surface area contributed by atoms with Gasteiger partial charge in [-0.3, -0.25) is 0 Å². The van der Waals surface area contributed by atoms with Gasteiger partial charge in [0.05, 0.1) is 16.8 Å². The van der Waals surface area contributed by atoms with Gasteiger partial charge in [0.2, 0.25) is 0 Å². The molecule has 0 atom stereocenters. The maximum Gasteiger partial charge on any atom is 0.117 e. The average Bonchev–Trinajstić information content (AvgIpc) is 2.56. The Hall–Kier alpha value is -0.670. The largest absolute Gasteiger partial charge is 0.341 e. The average molecular weight is 227 g/mol. The van der Waals surface area contributed by atoms with Gasteiger partial charge >= 0.3 is 0 Å². The summed E-state index contributed by atoms with van der Waals surface area (Å²) in [5.41, 5.74) is 3.10. The molecule has 0 aliphatic heterocycles. The van der Waals surface area contributed by atoms with Crippen LogP contribution in [0.1, 0.15) is 11.4 Å². The number of nitrogens with zero attached hydrogens (tertiary/aromatic N) is 1. The van der Waals surface area contributed by atoms with Crippen molar-refractivity contribution in [1.29, 1.82) is 0 Å². The molecule has 0 saturated carbocycles. The standard InChI is InChI=1S/C10H11ClN2S/c1-6-7(11)3-4-8-10(6)13-9(12-8)5-14-2/h3-4H,5H2,1-2H3,(H,12,13). The minimum absolute atomic E-state index is 0.778. The molecule has 0 aliphatic carbocycles. The molecule has 0 unspecified atom stereocenters. The van der Waals surface area contributed by atoms with E-state index >= 15 is 0 Å². The first-order valence-corrected chi connectivity index (χ1v) is 6.12. The number of imidazole rings is 1. The molecule has 0 aliphatic rings. The van der Waals surface area contributed by atoms with Gasteiger partial charge in [0.1, 0.15) is 5.82 Å². The van der Waals surface area contributed by atoms with E-state index in [9.17, 15) is 0 Å². The van der Waals surface area contributed by atoms with Gasteiger partial charge in [0.15, 0.2) is 0 Å². The molecule has 0 saturated heterocycles. The second-order valence-electron chi connectivity index (χ2n) is 3.19. The number of hydrogen-bond acceptors (Lipinski definition) is 2. The summed E-state index contributed by atoms with van der Waals surface area (Å²) in [4.78, 5) is 7.78. The Morgan fingerprint density at radius 1 is 1.50 bits per heavy atom. The fraction of sp³-hybridized carbons (Fsp3) is 0.300. The van der Waals surface area contributed by atoms with E-state index in [1.807, 2.05) is 19.1 Å². The summed E-state index contributed by atoms with van der Waals surface area (Å²) in [7, 11) is 0. The lowest BCUT2D eigenvalue weighted by Gasteiger charge is -1.96. The van der Waals surface area contributed by atoms with Gasteiger partial charge in [-0.1, -0.05) is 11.6 Å². The lowest BCUT2D eigenvalue weighted by Crippen LogP contribution is -1.81. The van der Waals surface area contributed by atoms with Crippen molar-refractivity contribution in [2.24, 2.45) is 0 Å². The van der Waals surface area contributed by atoms with Gasteiger partial charge in [0, 0.05) is 5.02 Å². The summed E-state index contributed by atoms with van der Waals surface area (Å²) in [6.45, 7) is 1.99. The van der Waals surface area contributed by atoms with Crippen molar-refractivity contribution in [3.8, 4) is 0 Å². The van der Waals surface area contributed by atoms with Crippen molar-refractivity contribution in [2.75, 3.05) is 6.26 Å². The first kappa shape index (κ1) is 9.87. The summed E-state index contributed by atoms with van der Waals surface area (Å²) in [6, 6.07) is 3.88. The molecule has 0 spiro atoms. The van der Waals surface area contributed by atoms with Crippen LogP contribution < -0.4 is 0 Å². The number of benzene rings is 1. The van der Waals surface area contributed by atoms with E-state index in [-0.39, 0.29) is 0 Å². The molecule has 2 nitrogen and oxygen atoms in total. The summed E-state index contributed by atoms with van der Waals surface area (Å²) >= 11 is 7.77. The molecule has 1 N–H and O–H groups in total. The molecule has 4 heteroatoms. The number of halogens is 1. The zero-order valence-corrected chi connectivity index (χ0v) is 9.67. The van der Waals surface area contributed by atoms with Crippen LogP contribution in [0.4, 0.5) is 0 Å². The van der Waals surface area contributed by atoms with E-state index in [1.165, 1.54) is 0 Å². The minimum atomic E-state index is 0.778. The maximum absolute atomic E-state index is 6.01. The van der Waals surface area contributed by atoms with Crippen molar-refractivity contribution in [1.82, 2.24) is 9.97 Å². The van der Waals surface area contributed by atoms with Crippen molar-refractivity contribution in [3.63, 3.8) is 0 Å². The van der Waals surface area contributed by atoms with E-state index in [4.69, 9.17) is 11.6 Å². The third-order valence-corrected chi connectivity index (χ3v) is 3.14. The second-order valence-corrected chi connectivity index (χ2v) is 4.46. The zero-order chi connectivity index (χ0) is 10.1. The number of aromatic nitrogens is 2. The molecule has 2 aromatic rings. The minimum Gasteiger partial charge on any atom is -0.341 e. The second kappa shape index (κ2) is 3.83. The number of rotatable bonds is 2. The first-order valence-electron chi connectivity index (χ1n) is 4.35. The third kappa shape index (κ3) is 1.62. The van der Waals surface area contributed by atoms with E-state index in [0.29, 0.717) is 0 Å². The van der Waals surface area contributed by atoms with Crippen molar-refractivity contribution in [2.45, 2.75) is 12.7 Å². The van der Waals surface area contributed by atoms with Crippen LogP contribution in [0.2, 0.25) is 5.02 Å². The van der Waals surface area contributed by atoms with Gasteiger partial charge in [0.25, 0.3) is 0 Å². The highest BCUT2D eigenvalue weighted by Crippen LogP contribution is 2.24. The molecule has 74 valence electrons. The van der Waals surface area contributed by atoms with Crippen LogP contribution >= 0.6 is 23.4 Å². The van der Waals surface area contributed by atoms with Crippen molar-refractivity contribution < 1.29 is 0 Å². The molecule has 14 heavy (non-hydrogen) atoms. The van der Waals surface area contributed by atoms with E-state index in [2.05, 4.69) is 16.2 Å². The topological polar surface area (TPSA) is 28.7 Å². The van der Waals surface area contributed by atoms with Crippen LogP contribution in [0.5, 0.6) is 0 Å².